The van der Waals surface area contributed by atoms with Crippen molar-refractivity contribution in [2.24, 2.45) is 7.05 Å². The van der Waals surface area contributed by atoms with Crippen LogP contribution in [0.3, 0.4) is 0 Å². The fourth-order valence-corrected chi connectivity index (χ4v) is 1.74. The van der Waals surface area contributed by atoms with Gasteiger partial charge in [0.2, 0.25) is 0 Å². The summed E-state index contributed by atoms with van der Waals surface area (Å²) in [6.45, 7) is 0.724. The minimum Gasteiger partial charge on any atom is -0.352 e. The van der Waals surface area contributed by atoms with Crippen molar-refractivity contribution >= 4 is 17.4 Å². The van der Waals surface area contributed by atoms with Crippen LogP contribution in [0.15, 0.2) is 30.6 Å². The lowest BCUT2D eigenvalue weighted by molar-refractivity contribution is 0.754. The first-order valence-corrected chi connectivity index (χ1v) is 5.93. The second-order valence-electron chi connectivity index (χ2n) is 3.93. The van der Waals surface area contributed by atoms with Gasteiger partial charge in [-0.25, -0.2) is 9.97 Å². The maximum Gasteiger partial charge on any atom is 0.128 e. The summed E-state index contributed by atoms with van der Waals surface area (Å²) in [5, 5.41) is 0. The molecule has 2 rings (SSSR count). The van der Waals surface area contributed by atoms with Gasteiger partial charge >= 0.3 is 0 Å². The molecule has 4 nitrogen and oxygen atoms in total. The van der Waals surface area contributed by atoms with Crippen molar-refractivity contribution in [2.45, 2.75) is 12.4 Å². The summed E-state index contributed by atoms with van der Waals surface area (Å²) in [6.07, 6.45) is 3.73. The first-order valence-electron chi connectivity index (χ1n) is 5.40. The average molecular weight is 251 g/mol. The topological polar surface area (TPSA) is 34.0 Å². The first kappa shape index (κ1) is 11.9. The number of pyridine rings is 1. The van der Waals surface area contributed by atoms with Crippen molar-refractivity contribution in [3.63, 3.8) is 0 Å². The highest BCUT2D eigenvalue weighted by atomic mass is 35.5. The third-order valence-corrected chi connectivity index (χ3v) is 2.89. The third-order valence-electron chi connectivity index (χ3n) is 2.62. The number of aryl methyl sites for hydroxylation is 1. The van der Waals surface area contributed by atoms with Gasteiger partial charge in [0, 0.05) is 26.5 Å². The van der Waals surface area contributed by atoms with Crippen LogP contribution >= 0.6 is 11.6 Å². The van der Waals surface area contributed by atoms with Crippen LogP contribution in [0, 0.1) is 0 Å². The smallest absolute Gasteiger partial charge is 0.128 e. The number of imidazole rings is 1. The van der Waals surface area contributed by atoms with E-state index in [0.29, 0.717) is 5.88 Å². The van der Waals surface area contributed by atoms with Crippen LogP contribution in [-0.2, 0) is 19.5 Å². The van der Waals surface area contributed by atoms with Gasteiger partial charge in [0.25, 0.3) is 0 Å². The van der Waals surface area contributed by atoms with Gasteiger partial charge in [0.15, 0.2) is 0 Å². The van der Waals surface area contributed by atoms with Gasteiger partial charge in [-0.1, -0.05) is 6.07 Å². The minimum atomic E-state index is 0.435. The number of alkyl halides is 1. The van der Waals surface area contributed by atoms with E-state index in [1.165, 1.54) is 0 Å². The van der Waals surface area contributed by atoms with Crippen LogP contribution in [0.1, 0.15) is 11.5 Å². The molecular weight excluding hydrogens is 236 g/mol. The molecule has 0 fully saturated rings. The molecule has 5 heteroatoms. The van der Waals surface area contributed by atoms with E-state index < -0.39 is 0 Å². The number of anilines is 1. The van der Waals surface area contributed by atoms with Gasteiger partial charge in [0.1, 0.15) is 11.6 Å². The normalized spacial score (nSPS) is 10.5. The zero-order valence-electron chi connectivity index (χ0n) is 9.97. The molecule has 0 N–H and O–H groups in total. The van der Waals surface area contributed by atoms with Crippen molar-refractivity contribution < 1.29 is 0 Å². The summed E-state index contributed by atoms with van der Waals surface area (Å²) in [6, 6.07) is 5.86. The monoisotopic (exact) mass is 250 g/mol. The Labute approximate surface area is 106 Å². The molecule has 0 aliphatic rings. The van der Waals surface area contributed by atoms with E-state index in [1.54, 1.807) is 6.20 Å². The summed E-state index contributed by atoms with van der Waals surface area (Å²) in [5.41, 5.74) is 0.885. The summed E-state index contributed by atoms with van der Waals surface area (Å²) < 4.78 is 2.00. The minimum absolute atomic E-state index is 0.435. The number of rotatable bonds is 4. The van der Waals surface area contributed by atoms with Gasteiger partial charge in [-0.3, -0.25) is 0 Å². The van der Waals surface area contributed by atoms with E-state index in [0.717, 1.165) is 23.9 Å². The fraction of sp³-hybridized carbons (Fsp3) is 0.333. The van der Waals surface area contributed by atoms with Crippen LogP contribution in [0.2, 0.25) is 0 Å². The highest BCUT2D eigenvalue weighted by molar-refractivity contribution is 6.16. The summed E-state index contributed by atoms with van der Waals surface area (Å²) in [5.74, 6) is 2.35. The molecule has 0 bridgehead atoms. The van der Waals surface area contributed by atoms with Crippen molar-refractivity contribution in [3.8, 4) is 0 Å². The SMILES string of the molecule is CN(Cc1nccn1C)c1cccc(CCl)n1. The Balaban J connectivity index is 2.14. The Morgan fingerprint density at radius 1 is 1.41 bits per heavy atom. The van der Waals surface area contributed by atoms with E-state index in [1.807, 2.05) is 43.1 Å². The lowest BCUT2D eigenvalue weighted by Crippen LogP contribution is -2.20. The molecule has 0 atom stereocenters. The van der Waals surface area contributed by atoms with E-state index >= 15 is 0 Å². The molecule has 0 saturated heterocycles. The van der Waals surface area contributed by atoms with Crippen molar-refractivity contribution in [3.05, 3.63) is 42.1 Å². The second-order valence-corrected chi connectivity index (χ2v) is 4.20. The number of nitrogens with zero attached hydrogens (tertiary/aromatic N) is 4. The molecule has 2 aromatic rings. The number of halogens is 1. The Bertz CT molecular complexity index is 495. The molecule has 0 radical (unpaired) electrons. The Morgan fingerprint density at radius 3 is 2.88 bits per heavy atom. The van der Waals surface area contributed by atoms with Crippen LogP contribution in [0.5, 0.6) is 0 Å². The summed E-state index contributed by atoms with van der Waals surface area (Å²) in [7, 11) is 3.98. The van der Waals surface area contributed by atoms with Gasteiger partial charge < -0.3 is 9.47 Å². The largest absolute Gasteiger partial charge is 0.352 e. The maximum absolute atomic E-state index is 5.77. The van der Waals surface area contributed by atoms with E-state index in [-0.39, 0.29) is 0 Å². The molecule has 0 aliphatic carbocycles. The lowest BCUT2D eigenvalue weighted by atomic mass is 10.3. The van der Waals surface area contributed by atoms with Crippen molar-refractivity contribution in [2.75, 3.05) is 11.9 Å². The van der Waals surface area contributed by atoms with Gasteiger partial charge in [0.05, 0.1) is 18.1 Å². The third kappa shape index (κ3) is 2.77. The Hall–Kier alpha value is -1.55. The highest BCUT2D eigenvalue weighted by Gasteiger charge is 2.07. The standard InChI is InChI=1S/C12H15ClN4/c1-16-7-6-14-12(16)9-17(2)11-5-3-4-10(8-13)15-11/h3-7H,8-9H2,1-2H3. The van der Waals surface area contributed by atoms with Crippen LogP contribution < -0.4 is 4.90 Å². The molecule has 0 aliphatic heterocycles. The number of hydrogen-bond acceptors (Lipinski definition) is 3. The van der Waals surface area contributed by atoms with Gasteiger partial charge in [-0.05, 0) is 12.1 Å². The zero-order chi connectivity index (χ0) is 12.3. The highest BCUT2D eigenvalue weighted by Crippen LogP contribution is 2.13. The average Bonchev–Trinajstić information content (AvgIpc) is 2.75. The first-order chi connectivity index (χ1) is 8.20. The molecule has 0 saturated carbocycles. The van der Waals surface area contributed by atoms with E-state index in [9.17, 15) is 0 Å². The Kier molecular flexibility index (Phi) is 3.64. The molecule has 0 spiro atoms. The molecule has 2 aromatic heterocycles. The molecule has 17 heavy (non-hydrogen) atoms. The summed E-state index contributed by atoms with van der Waals surface area (Å²) >= 11 is 5.77. The van der Waals surface area contributed by atoms with Gasteiger partial charge in [-0.15, -0.1) is 11.6 Å². The van der Waals surface area contributed by atoms with Crippen molar-refractivity contribution in [1.82, 2.24) is 14.5 Å². The molecular formula is C12H15ClN4. The number of aromatic nitrogens is 3. The molecule has 0 amide bonds. The summed E-state index contributed by atoms with van der Waals surface area (Å²) in [4.78, 5) is 10.8. The predicted octanol–water partition coefficient (Wildman–Crippen LogP) is 2.19. The van der Waals surface area contributed by atoms with E-state index in [4.69, 9.17) is 11.6 Å². The maximum atomic E-state index is 5.77. The molecule has 0 aromatic carbocycles. The zero-order valence-corrected chi connectivity index (χ0v) is 10.7. The predicted molar refractivity (Wildman–Crippen MR) is 69.1 cm³/mol. The fourth-order valence-electron chi connectivity index (χ4n) is 1.60. The quantitative estimate of drug-likeness (QED) is 0.780. The van der Waals surface area contributed by atoms with Crippen molar-refractivity contribution in [1.29, 1.82) is 0 Å². The lowest BCUT2D eigenvalue weighted by Gasteiger charge is -2.18. The Morgan fingerprint density at radius 2 is 2.24 bits per heavy atom. The van der Waals surface area contributed by atoms with Crippen LogP contribution in [0.25, 0.3) is 0 Å². The molecule has 0 unspecified atom stereocenters. The number of hydrogen-bond donors (Lipinski definition) is 0. The van der Waals surface area contributed by atoms with Crippen LogP contribution in [0.4, 0.5) is 5.82 Å². The molecule has 90 valence electrons. The van der Waals surface area contributed by atoms with Crippen LogP contribution in [-0.4, -0.2) is 21.6 Å². The second kappa shape index (κ2) is 5.19. The van der Waals surface area contributed by atoms with E-state index in [2.05, 4.69) is 14.9 Å². The molecule has 2 heterocycles. The van der Waals surface area contributed by atoms with Gasteiger partial charge in [-0.2, -0.15) is 0 Å².